The van der Waals surface area contributed by atoms with Gasteiger partial charge in [-0.1, -0.05) is 0 Å². The molecule has 0 atom stereocenters. The molecule has 1 aromatic rings. The van der Waals surface area contributed by atoms with Crippen LogP contribution in [-0.4, -0.2) is 16.8 Å². The Hall–Kier alpha value is -1.12. The summed E-state index contributed by atoms with van der Waals surface area (Å²) in [5.41, 5.74) is 5.41. The quantitative estimate of drug-likeness (QED) is 0.574. The van der Waals surface area contributed by atoms with Crippen LogP contribution in [0.2, 0.25) is 0 Å². The molecule has 76 valence electrons. The average molecular weight is 234 g/mol. The largest absolute Gasteiger partial charge is 0.398 e. The summed E-state index contributed by atoms with van der Waals surface area (Å²) in [5, 5.41) is 0. The van der Waals surface area contributed by atoms with Crippen molar-refractivity contribution >= 4 is 25.7 Å². The number of benzene rings is 1. The van der Waals surface area contributed by atoms with E-state index in [1.165, 1.54) is 12.1 Å². The summed E-state index contributed by atoms with van der Waals surface area (Å²) in [5.74, 6) is 0. The molecule has 0 saturated carbocycles. The molecule has 0 fully saturated rings. The maximum Gasteiger partial charge on any atom is 0.255 e. The fraction of sp³-hybridized carbons (Fsp3) is 0. The minimum atomic E-state index is -4.02. The topological polar surface area (TPSA) is 106 Å². The van der Waals surface area contributed by atoms with Gasteiger partial charge in [-0.2, -0.15) is 0 Å². The fourth-order valence-electron chi connectivity index (χ4n) is 1.15. The summed E-state index contributed by atoms with van der Waals surface area (Å²) in [6.45, 7) is 0. The van der Waals surface area contributed by atoms with E-state index in [-0.39, 0.29) is 15.5 Å². The molecule has 0 saturated heterocycles. The maximum atomic E-state index is 11.3. The highest BCUT2D eigenvalue weighted by Gasteiger charge is 2.32. The lowest BCUT2D eigenvalue weighted by molar-refractivity contribution is 0.573. The molecule has 6 nitrogen and oxygen atoms in total. The van der Waals surface area contributed by atoms with Gasteiger partial charge in [0.05, 0.1) is 10.6 Å². The van der Waals surface area contributed by atoms with Crippen LogP contribution in [0.5, 0.6) is 0 Å². The molecule has 1 aromatic carbocycles. The molecule has 14 heavy (non-hydrogen) atoms. The van der Waals surface area contributed by atoms with Gasteiger partial charge in [-0.25, -0.2) is 16.8 Å². The summed E-state index contributed by atoms with van der Waals surface area (Å²) < 4.78 is 46.7. The first-order valence-electron chi connectivity index (χ1n) is 3.51. The normalized spacial score (nSPS) is 21.7. The van der Waals surface area contributed by atoms with E-state index in [9.17, 15) is 16.8 Å². The van der Waals surface area contributed by atoms with Crippen molar-refractivity contribution in [3.05, 3.63) is 18.2 Å². The van der Waals surface area contributed by atoms with E-state index in [2.05, 4.69) is 0 Å². The highest BCUT2D eigenvalue weighted by atomic mass is 32.3. The summed E-state index contributed by atoms with van der Waals surface area (Å²) in [7, 11) is -7.96. The molecule has 0 spiro atoms. The van der Waals surface area contributed by atoms with Crippen LogP contribution in [-0.2, 0) is 20.0 Å². The van der Waals surface area contributed by atoms with Gasteiger partial charge in [0.2, 0.25) is 0 Å². The molecular weight excluding hydrogens is 228 g/mol. The number of nitrogens with two attached hydrogens (primary N) is 1. The van der Waals surface area contributed by atoms with Crippen LogP contribution in [0.4, 0.5) is 5.69 Å². The SMILES string of the molecule is Nc1ccc2cc1S(=O)(=O)NS2(=O)=O. The number of rotatable bonds is 0. The minimum Gasteiger partial charge on any atom is -0.398 e. The predicted molar refractivity (Wildman–Crippen MR) is 48.4 cm³/mol. The Bertz CT molecular complexity index is 603. The third-order valence-corrected chi connectivity index (χ3v) is 5.37. The van der Waals surface area contributed by atoms with Crippen molar-refractivity contribution < 1.29 is 16.8 Å². The second-order valence-corrected chi connectivity index (χ2v) is 6.38. The second-order valence-electron chi connectivity index (χ2n) is 2.79. The van der Waals surface area contributed by atoms with Crippen molar-refractivity contribution in [1.29, 1.82) is 0 Å². The van der Waals surface area contributed by atoms with Gasteiger partial charge in [0.25, 0.3) is 20.0 Å². The molecule has 0 amide bonds. The van der Waals surface area contributed by atoms with Crippen LogP contribution < -0.4 is 9.86 Å². The van der Waals surface area contributed by atoms with Gasteiger partial charge in [-0.15, -0.1) is 4.13 Å². The smallest absolute Gasteiger partial charge is 0.255 e. The molecule has 0 aliphatic carbocycles. The standard InChI is InChI=1S/C6H6N2O4S2/c7-5-2-1-4-3-6(5)14(11,12)8-13(4,9)10/h1-3,8H,7H2. The van der Waals surface area contributed by atoms with Crippen LogP contribution in [0.3, 0.4) is 0 Å². The van der Waals surface area contributed by atoms with Crippen molar-refractivity contribution in [2.45, 2.75) is 9.79 Å². The van der Waals surface area contributed by atoms with Gasteiger partial charge >= 0.3 is 0 Å². The third-order valence-electron chi connectivity index (χ3n) is 1.80. The van der Waals surface area contributed by atoms with E-state index < -0.39 is 20.0 Å². The van der Waals surface area contributed by atoms with Crippen LogP contribution in [0.1, 0.15) is 0 Å². The average Bonchev–Trinajstić information content (AvgIpc) is 2.00. The van der Waals surface area contributed by atoms with Gasteiger partial charge < -0.3 is 5.73 Å². The van der Waals surface area contributed by atoms with Crippen LogP contribution in [0.15, 0.2) is 28.0 Å². The number of nitrogens with one attached hydrogen (secondary N) is 1. The maximum absolute atomic E-state index is 11.3. The molecule has 0 aromatic heterocycles. The molecule has 0 unspecified atom stereocenters. The molecule has 1 aliphatic rings. The Labute approximate surface area is 80.8 Å². The first-order chi connectivity index (χ1) is 6.33. The highest BCUT2D eigenvalue weighted by molar-refractivity contribution is 8.05. The lowest BCUT2D eigenvalue weighted by Crippen LogP contribution is -2.34. The molecule has 1 heterocycles. The summed E-state index contributed by atoms with van der Waals surface area (Å²) in [6.07, 6.45) is 0. The van der Waals surface area contributed by atoms with Crippen LogP contribution >= 0.6 is 0 Å². The zero-order valence-electron chi connectivity index (χ0n) is 6.76. The van der Waals surface area contributed by atoms with E-state index >= 15 is 0 Å². The molecule has 1 aliphatic heterocycles. The van der Waals surface area contributed by atoms with E-state index in [0.29, 0.717) is 0 Å². The van der Waals surface area contributed by atoms with Crippen LogP contribution in [0.25, 0.3) is 0 Å². The van der Waals surface area contributed by atoms with E-state index in [1.807, 2.05) is 0 Å². The Morgan fingerprint density at radius 2 is 1.71 bits per heavy atom. The first-order valence-corrected chi connectivity index (χ1v) is 6.48. The van der Waals surface area contributed by atoms with Gasteiger partial charge in [-0.05, 0) is 18.2 Å². The number of hydrogen-bond donors (Lipinski definition) is 2. The summed E-state index contributed by atoms with van der Waals surface area (Å²) in [6, 6.07) is 3.53. The first kappa shape index (κ1) is 9.44. The second kappa shape index (κ2) is 2.47. The molecular formula is C6H6N2O4S2. The monoisotopic (exact) mass is 234 g/mol. The minimum absolute atomic E-state index is 0.0242. The number of anilines is 1. The number of sulfonamides is 2. The Balaban J connectivity index is 2.95. The van der Waals surface area contributed by atoms with Crippen molar-refractivity contribution in [1.82, 2.24) is 4.13 Å². The predicted octanol–water partition coefficient (Wildman–Crippen LogP) is -0.751. The van der Waals surface area contributed by atoms with Gasteiger partial charge in [0.15, 0.2) is 0 Å². The summed E-state index contributed by atoms with van der Waals surface area (Å²) in [4.78, 5) is -0.304. The number of hydrogen-bond acceptors (Lipinski definition) is 5. The van der Waals surface area contributed by atoms with Crippen LogP contribution in [0, 0.1) is 0 Å². The zero-order chi connectivity index (χ0) is 10.6. The molecule has 2 rings (SSSR count). The van der Waals surface area contributed by atoms with Crippen molar-refractivity contribution in [3.8, 4) is 0 Å². The number of nitrogen functional groups attached to an aromatic ring is 1. The third kappa shape index (κ3) is 1.19. The van der Waals surface area contributed by atoms with Gasteiger partial charge in [0, 0.05) is 0 Å². The van der Waals surface area contributed by atoms with Crippen molar-refractivity contribution in [2.24, 2.45) is 0 Å². The highest BCUT2D eigenvalue weighted by Crippen LogP contribution is 2.27. The molecule has 8 heteroatoms. The van der Waals surface area contributed by atoms with E-state index in [1.54, 1.807) is 4.13 Å². The Kier molecular flexibility index (Phi) is 1.66. The fourth-order valence-corrected chi connectivity index (χ4v) is 4.31. The molecule has 0 radical (unpaired) electrons. The molecule has 3 N–H and O–H groups in total. The van der Waals surface area contributed by atoms with Crippen molar-refractivity contribution in [2.75, 3.05) is 5.73 Å². The van der Waals surface area contributed by atoms with Gasteiger partial charge in [0.1, 0.15) is 4.90 Å². The number of fused-ring (bicyclic) bond motifs is 2. The zero-order valence-corrected chi connectivity index (χ0v) is 8.39. The Morgan fingerprint density at radius 1 is 1.07 bits per heavy atom. The lowest BCUT2D eigenvalue weighted by atomic mass is 10.3. The molecule has 2 bridgehead atoms. The summed E-state index contributed by atoms with van der Waals surface area (Å²) >= 11 is 0. The Morgan fingerprint density at radius 3 is 2.36 bits per heavy atom. The van der Waals surface area contributed by atoms with Gasteiger partial charge in [-0.3, -0.25) is 0 Å². The van der Waals surface area contributed by atoms with E-state index in [4.69, 9.17) is 5.73 Å². The van der Waals surface area contributed by atoms with E-state index in [0.717, 1.165) is 6.07 Å². The van der Waals surface area contributed by atoms with Crippen molar-refractivity contribution in [3.63, 3.8) is 0 Å². The lowest BCUT2D eigenvalue weighted by Gasteiger charge is -2.16.